The fraction of sp³-hybridized carbons (Fsp3) is 0.188. The number of nitrogens with zero attached hydrogens (tertiary/aromatic N) is 3. The van der Waals surface area contributed by atoms with Gasteiger partial charge in [-0.15, -0.1) is 0 Å². The molecule has 0 aliphatic carbocycles. The Balaban J connectivity index is 1.80. The predicted octanol–water partition coefficient (Wildman–Crippen LogP) is 2.65. The molecule has 0 saturated heterocycles. The minimum atomic E-state index is -0.0784. The van der Waals surface area contributed by atoms with Crippen LogP contribution in [0.15, 0.2) is 42.6 Å². The van der Waals surface area contributed by atoms with Crippen molar-refractivity contribution in [2.24, 2.45) is 0 Å². The Morgan fingerprint density at radius 2 is 1.90 bits per heavy atom. The molecule has 0 fully saturated rings. The second-order valence-corrected chi connectivity index (χ2v) is 4.54. The molecule has 104 valence electrons. The van der Waals surface area contributed by atoms with E-state index in [1.807, 2.05) is 22.9 Å². The summed E-state index contributed by atoms with van der Waals surface area (Å²) < 4.78 is 1.83. The average molecular weight is 278 g/mol. The molecule has 1 amide bonds. The number of rotatable bonds is 5. The zero-order valence-electron chi connectivity index (χ0n) is 11.4. The summed E-state index contributed by atoms with van der Waals surface area (Å²) in [7, 11) is 0. The molecular formula is C16H14N4O. The molecule has 5 nitrogen and oxygen atoms in total. The fourth-order valence-corrected chi connectivity index (χ4v) is 1.97. The summed E-state index contributed by atoms with van der Waals surface area (Å²) in [5, 5.41) is 20.4. The number of nitrogens with one attached hydrogen (secondary N) is 1. The summed E-state index contributed by atoms with van der Waals surface area (Å²) in [5.74, 6) is -0.0784. The molecule has 0 spiro atoms. The lowest BCUT2D eigenvalue weighted by atomic mass is 10.2. The Morgan fingerprint density at radius 3 is 2.57 bits per heavy atom. The van der Waals surface area contributed by atoms with Gasteiger partial charge < -0.3 is 9.88 Å². The van der Waals surface area contributed by atoms with Crippen LogP contribution in [0, 0.1) is 22.7 Å². The SMILES string of the molecule is N#Cc1ccc(NC(=O)CCCn2cccc2C#N)cc1. The minimum Gasteiger partial charge on any atom is -0.339 e. The summed E-state index contributed by atoms with van der Waals surface area (Å²) in [6.45, 7) is 0.636. The van der Waals surface area contributed by atoms with Crippen LogP contribution in [0.5, 0.6) is 0 Å². The number of anilines is 1. The van der Waals surface area contributed by atoms with E-state index in [1.54, 1.807) is 30.3 Å². The summed E-state index contributed by atoms with van der Waals surface area (Å²) in [6.07, 6.45) is 2.87. The molecule has 0 aliphatic rings. The molecule has 1 aromatic carbocycles. The maximum Gasteiger partial charge on any atom is 0.224 e. The maximum atomic E-state index is 11.8. The first-order valence-corrected chi connectivity index (χ1v) is 6.58. The molecule has 1 N–H and O–H groups in total. The van der Waals surface area contributed by atoms with E-state index in [2.05, 4.69) is 11.4 Å². The molecule has 0 aliphatic heterocycles. The second-order valence-electron chi connectivity index (χ2n) is 4.54. The molecule has 0 saturated carbocycles. The monoisotopic (exact) mass is 278 g/mol. The Hall–Kier alpha value is -3.05. The number of hydrogen-bond donors (Lipinski definition) is 1. The molecule has 0 atom stereocenters. The van der Waals surface area contributed by atoms with E-state index in [4.69, 9.17) is 10.5 Å². The Bertz CT molecular complexity index is 701. The molecule has 21 heavy (non-hydrogen) atoms. The fourth-order valence-electron chi connectivity index (χ4n) is 1.97. The number of hydrogen-bond acceptors (Lipinski definition) is 3. The quantitative estimate of drug-likeness (QED) is 0.912. The van der Waals surface area contributed by atoms with Crippen molar-refractivity contribution in [1.29, 1.82) is 10.5 Å². The van der Waals surface area contributed by atoms with Crippen LogP contribution in [0.4, 0.5) is 5.69 Å². The summed E-state index contributed by atoms with van der Waals surface area (Å²) in [6, 6.07) is 14.4. The first-order valence-electron chi connectivity index (χ1n) is 6.58. The van der Waals surface area contributed by atoms with E-state index in [9.17, 15) is 4.79 Å². The van der Waals surface area contributed by atoms with Crippen LogP contribution in [0.3, 0.4) is 0 Å². The Labute approximate surface area is 123 Å². The number of aryl methyl sites for hydroxylation is 1. The first-order chi connectivity index (χ1) is 10.2. The number of nitriles is 2. The Kier molecular flexibility index (Phi) is 4.74. The van der Waals surface area contributed by atoms with Crippen molar-refractivity contribution in [3.05, 3.63) is 53.9 Å². The lowest BCUT2D eigenvalue weighted by Gasteiger charge is -2.06. The van der Waals surface area contributed by atoms with Crippen LogP contribution in [-0.4, -0.2) is 10.5 Å². The molecule has 2 rings (SSSR count). The van der Waals surface area contributed by atoms with Gasteiger partial charge in [-0.2, -0.15) is 10.5 Å². The van der Waals surface area contributed by atoms with Gasteiger partial charge in [0.2, 0.25) is 5.91 Å². The van der Waals surface area contributed by atoms with Crippen molar-refractivity contribution in [3.63, 3.8) is 0 Å². The molecule has 2 aromatic rings. The third-order valence-electron chi connectivity index (χ3n) is 3.04. The topological polar surface area (TPSA) is 81.6 Å². The molecule has 0 radical (unpaired) electrons. The highest BCUT2D eigenvalue weighted by atomic mass is 16.1. The number of carbonyl (C=O) groups is 1. The number of aromatic nitrogens is 1. The third-order valence-corrected chi connectivity index (χ3v) is 3.04. The zero-order valence-corrected chi connectivity index (χ0v) is 11.4. The lowest BCUT2D eigenvalue weighted by molar-refractivity contribution is -0.116. The van der Waals surface area contributed by atoms with Gasteiger partial charge in [0.15, 0.2) is 0 Å². The van der Waals surface area contributed by atoms with E-state index in [-0.39, 0.29) is 5.91 Å². The van der Waals surface area contributed by atoms with Crippen LogP contribution in [-0.2, 0) is 11.3 Å². The van der Waals surface area contributed by atoms with E-state index >= 15 is 0 Å². The van der Waals surface area contributed by atoms with E-state index < -0.39 is 0 Å². The van der Waals surface area contributed by atoms with Crippen LogP contribution >= 0.6 is 0 Å². The average Bonchev–Trinajstić information content (AvgIpc) is 2.95. The zero-order chi connectivity index (χ0) is 15.1. The van der Waals surface area contributed by atoms with Crippen molar-refractivity contribution < 1.29 is 4.79 Å². The highest BCUT2D eigenvalue weighted by molar-refractivity contribution is 5.90. The summed E-state index contributed by atoms with van der Waals surface area (Å²) in [5.41, 5.74) is 1.84. The highest BCUT2D eigenvalue weighted by Crippen LogP contribution is 2.10. The van der Waals surface area contributed by atoms with Crippen LogP contribution < -0.4 is 5.32 Å². The number of amides is 1. The standard InChI is InChI=1S/C16H14N4O/c17-11-13-5-7-14(8-6-13)19-16(21)4-2-10-20-9-1-3-15(20)12-18/h1,3,5-9H,2,4,10H2,(H,19,21). The smallest absolute Gasteiger partial charge is 0.224 e. The van der Waals surface area contributed by atoms with Gasteiger partial charge in [0.25, 0.3) is 0 Å². The summed E-state index contributed by atoms with van der Waals surface area (Å²) in [4.78, 5) is 11.8. The van der Waals surface area contributed by atoms with E-state index in [1.165, 1.54) is 0 Å². The molecule has 0 unspecified atom stereocenters. The number of benzene rings is 1. The van der Waals surface area contributed by atoms with Crippen molar-refractivity contribution in [1.82, 2.24) is 4.57 Å². The third kappa shape index (κ3) is 3.95. The maximum absolute atomic E-state index is 11.8. The first kappa shape index (κ1) is 14.4. The van der Waals surface area contributed by atoms with Crippen molar-refractivity contribution >= 4 is 11.6 Å². The second kappa shape index (κ2) is 6.93. The van der Waals surface area contributed by atoms with Gasteiger partial charge in [0.1, 0.15) is 11.8 Å². The van der Waals surface area contributed by atoms with Crippen molar-refractivity contribution in [3.8, 4) is 12.1 Å². The van der Waals surface area contributed by atoms with Crippen LogP contribution in [0.25, 0.3) is 0 Å². The minimum absolute atomic E-state index is 0.0784. The molecule has 5 heteroatoms. The van der Waals surface area contributed by atoms with Gasteiger partial charge in [0.05, 0.1) is 11.6 Å². The van der Waals surface area contributed by atoms with E-state index in [0.717, 1.165) is 0 Å². The van der Waals surface area contributed by atoms with Gasteiger partial charge in [-0.25, -0.2) is 0 Å². The largest absolute Gasteiger partial charge is 0.339 e. The van der Waals surface area contributed by atoms with Gasteiger partial charge in [-0.3, -0.25) is 4.79 Å². The van der Waals surface area contributed by atoms with Crippen LogP contribution in [0.2, 0.25) is 0 Å². The predicted molar refractivity (Wildman–Crippen MR) is 78.2 cm³/mol. The van der Waals surface area contributed by atoms with Gasteiger partial charge in [0, 0.05) is 24.8 Å². The normalized spacial score (nSPS) is 9.62. The van der Waals surface area contributed by atoms with Gasteiger partial charge >= 0.3 is 0 Å². The van der Waals surface area contributed by atoms with Gasteiger partial charge in [-0.05, 0) is 42.8 Å². The highest BCUT2D eigenvalue weighted by Gasteiger charge is 2.04. The van der Waals surface area contributed by atoms with Gasteiger partial charge in [-0.1, -0.05) is 0 Å². The molecule has 0 bridgehead atoms. The number of carbonyl (C=O) groups excluding carboxylic acids is 1. The Morgan fingerprint density at radius 1 is 1.14 bits per heavy atom. The molecule has 1 heterocycles. The van der Waals surface area contributed by atoms with Crippen molar-refractivity contribution in [2.75, 3.05) is 5.32 Å². The lowest BCUT2D eigenvalue weighted by Crippen LogP contribution is -2.12. The summed E-state index contributed by atoms with van der Waals surface area (Å²) >= 11 is 0. The molecular weight excluding hydrogens is 264 g/mol. The van der Waals surface area contributed by atoms with Crippen molar-refractivity contribution in [2.45, 2.75) is 19.4 Å². The van der Waals surface area contributed by atoms with E-state index in [0.29, 0.717) is 36.3 Å². The molecule has 1 aromatic heterocycles. The van der Waals surface area contributed by atoms with Crippen LogP contribution in [0.1, 0.15) is 24.1 Å².